The van der Waals surface area contributed by atoms with Crippen LogP contribution in [0.3, 0.4) is 0 Å². The van der Waals surface area contributed by atoms with E-state index in [1.54, 1.807) is 0 Å². The van der Waals surface area contributed by atoms with Gasteiger partial charge in [-0.2, -0.15) is 0 Å². The Morgan fingerprint density at radius 2 is 1.82 bits per heavy atom. The van der Waals surface area contributed by atoms with Crippen molar-refractivity contribution >= 4 is 0 Å². The molecule has 0 amide bonds. The Balaban J connectivity index is 1.42. The van der Waals surface area contributed by atoms with Crippen molar-refractivity contribution < 1.29 is 4.74 Å². The van der Waals surface area contributed by atoms with Gasteiger partial charge in [0.2, 0.25) is 0 Å². The summed E-state index contributed by atoms with van der Waals surface area (Å²) in [6.45, 7) is 13.3. The Bertz CT molecular complexity index is 259. The van der Waals surface area contributed by atoms with Crippen LogP contribution in [0.15, 0.2) is 0 Å². The molecule has 0 aromatic heterocycles. The van der Waals surface area contributed by atoms with E-state index in [4.69, 9.17) is 4.74 Å². The van der Waals surface area contributed by atoms with E-state index in [1.807, 2.05) is 0 Å². The Hall–Kier alpha value is -0.120. The summed E-state index contributed by atoms with van der Waals surface area (Å²) in [6.07, 6.45) is 2.84. The summed E-state index contributed by atoms with van der Waals surface area (Å²) in [4.78, 5) is 5.28. The molecule has 98 valence electrons. The third kappa shape index (κ3) is 2.38. The topological polar surface area (TPSA) is 15.7 Å². The summed E-state index contributed by atoms with van der Waals surface area (Å²) in [5, 5.41) is 0. The fourth-order valence-corrected chi connectivity index (χ4v) is 3.46. The Morgan fingerprint density at radius 1 is 1.18 bits per heavy atom. The van der Waals surface area contributed by atoms with Crippen LogP contribution in [-0.4, -0.2) is 61.8 Å². The van der Waals surface area contributed by atoms with Crippen molar-refractivity contribution in [1.29, 1.82) is 0 Å². The summed E-state index contributed by atoms with van der Waals surface area (Å²) < 4.78 is 5.26. The molecule has 0 aromatic carbocycles. The lowest BCUT2D eigenvalue weighted by molar-refractivity contribution is -0.0819. The van der Waals surface area contributed by atoms with Crippen LogP contribution in [0.5, 0.6) is 0 Å². The summed E-state index contributed by atoms with van der Waals surface area (Å²) in [5.41, 5.74) is 0.691. The van der Waals surface area contributed by atoms with Crippen molar-refractivity contribution in [2.45, 2.75) is 32.7 Å². The fraction of sp³-hybridized carbons (Fsp3) is 1.00. The number of hydrogen-bond donors (Lipinski definition) is 0. The SMILES string of the molecule is CC(C)N1CC2(CCN(CC3COC3)CC2)C1. The van der Waals surface area contributed by atoms with Gasteiger partial charge in [0.15, 0.2) is 0 Å². The highest BCUT2D eigenvalue weighted by Gasteiger charge is 2.45. The number of nitrogens with zero attached hydrogens (tertiary/aromatic N) is 2. The maximum absolute atomic E-state index is 5.26. The van der Waals surface area contributed by atoms with E-state index < -0.39 is 0 Å². The van der Waals surface area contributed by atoms with E-state index in [-0.39, 0.29) is 0 Å². The van der Waals surface area contributed by atoms with Crippen molar-refractivity contribution in [3.63, 3.8) is 0 Å². The highest BCUT2D eigenvalue weighted by molar-refractivity contribution is 4.99. The van der Waals surface area contributed by atoms with Crippen molar-refractivity contribution in [2.75, 3.05) is 45.9 Å². The lowest BCUT2D eigenvalue weighted by atomic mass is 9.71. The highest BCUT2D eigenvalue weighted by Crippen LogP contribution is 2.41. The number of ether oxygens (including phenoxy) is 1. The largest absolute Gasteiger partial charge is 0.381 e. The van der Waals surface area contributed by atoms with Gasteiger partial charge in [-0.05, 0) is 45.2 Å². The smallest absolute Gasteiger partial charge is 0.0528 e. The van der Waals surface area contributed by atoms with Gasteiger partial charge in [0, 0.05) is 31.6 Å². The van der Waals surface area contributed by atoms with Crippen LogP contribution >= 0.6 is 0 Å². The van der Waals surface area contributed by atoms with E-state index in [1.165, 1.54) is 45.6 Å². The molecule has 17 heavy (non-hydrogen) atoms. The molecule has 0 atom stereocenters. The maximum Gasteiger partial charge on any atom is 0.0528 e. The molecule has 3 rings (SSSR count). The third-order valence-electron chi connectivity index (χ3n) is 4.95. The van der Waals surface area contributed by atoms with Gasteiger partial charge >= 0.3 is 0 Å². The number of hydrogen-bond acceptors (Lipinski definition) is 3. The lowest BCUT2D eigenvalue weighted by Crippen LogP contribution is -2.62. The van der Waals surface area contributed by atoms with Crippen molar-refractivity contribution in [3.05, 3.63) is 0 Å². The summed E-state index contributed by atoms with van der Waals surface area (Å²) >= 11 is 0. The predicted octanol–water partition coefficient (Wildman–Crippen LogP) is 1.44. The first-order valence-electron chi connectivity index (χ1n) is 7.21. The summed E-state index contributed by atoms with van der Waals surface area (Å²) in [5.74, 6) is 0.831. The van der Waals surface area contributed by atoms with E-state index in [0.29, 0.717) is 5.41 Å². The fourth-order valence-electron chi connectivity index (χ4n) is 3.46. The van der Waals surface area contributed by atoms with Crippen LogP contribution < -0.4 is 0 Å². The minimum absolute atomic E-state index is 0.691. The average molecular weight is 238 g/mol. The summed E-state index contributed by atoms with van der Waals surface area (Å²) in [7, 11) is 0. The molecule has 3 aliphatic rings. The van der Waals surface area contributed by atoms with Crippen LogP contribution in [0.2, 0.25) is 0 Å². The Kier molecular flexibility index (Phi) is 3.18. The molecule has 0 aromatic rings. The maximum atomic E-state index is 5.26. The van der Waals surface area contributed by atoms with Crippen molar-refractivity contribution in [2.24, 2.45) is 11.3 Å². The second-order valence-corrected chi connectivity index (χ2v) is 6.70. The Labute approximate surface area is 105 Å². The second kappa shape index (κ2) is 4.52. The van der Waals surface area contributed by atoms with Gasteiger partial charge in [-0.3, -0.25) is 4.90 Å². The van der Waals surface area contributed by atoms with Gasteiger partial charge < -0.3 is 9.64 Å². The molecule has 0 radical (unpaired) electrons. The standard InChI is InChI=1S/C14H26N2O/c1-12(2)16-10-14(11-16)3-5-15(6-4-14)7-13-8-17-9-13/h12-13H,3-11H2,1-2H3. The highest BCUT2D eigenvalue weighted by atomic mass is 16.5. The van der Waals surface area contributed by atoms with E-state index in [9.17, 15) is 0 Å². The van der Waals surface area contributed by atoms with Gasteiger partial charge in [0.25, 0.3) is 0 Å². The first-order chi connectivity index (χ1) is 8.17. The van der Waals surface area contributed by atoms with Crippen LogP contribution in [0.25, 0.3) is 0 Å². The van der Waals surface area contributed by atoms with Gasteiger partial charge in [0.05, 0.1) is 13.2 Å². The number of likely N-dealkylation sites (tertiary alicyclic amines) is 2. The molecule has 0 N–H and O–H groups in total. The molecule has 3 saturated heterocycles. The van der Waals surface area contributed by atoms with Gasteiger partial charge in [-0.25, -0.2) is 0 Å². The molecule has 3 fully saturated rings. The molecule has 3 heteroatoms. The van der Waals surface area contributed by atoms with Crippen molar-refractivity contribution in [1.82, 2.24) is 9.80 Å². The number of piperidine rings is 1. The average Bonchev–Trinajstić information content (AvgIpc) is 2.21. The van der Waals surface area contributed by atoms with Crippen LogP contribution in [-0.2, 0) is 4.74 Å². The third-order valence-corrected chi connectivity index (χ3v) is 4.95. The Morgan fingerprint density at radius 3 is 2.29 bits per heavy atom. The van der Waals surface area contributed by atoms with Gasteiger partial charge in [-0.15, -0.1) is 0 Å². The molecule has 3 heterocycles. The zero-order valence-electron chi connectivity index (χ0n) is 11.3. The molecular formula is C14H26N2O. The van der Waals surface area contributed by atoms with E-state index in [0.717, 1.165) is 25.2 Å². The van der Waals surface area contributed by atoms with E-state index >= 15 is 0 Å². The normalized spacial score (nSPS) is 30.5. The van der Waals surface area contributed by atoms with Gasteiger partial charge in [-0.1, -0.05) is 0 Å². The molecule has 0 aliphatic carbocycles. The zero-order chi connectivity index (χ0) is 11.9. The minimum Gasteiger partial charge on any atom is -0.381 e. The predicted molar refractivity (Wildman–Crippen MR) is 69.1 cm³/mol. The van der Waals surface area contributed by atoms with Gasteiger partial charge in [0.1, 0.15) is 0 Å². The van der Waals surface area contributed by atoms with Crippen LogP contribution in [0, 0.1) is 11.3 Å². The quantitative estimate of drug-likeness (QED) is 0.740. The van der Waals surface area contributed by atoms with E-state index in [2.05, 4.69) is 23.6 Å². The zero-order valence-corrected chi connectivity index (χ0v) is 11.3. The molecule has 0 bridgehead atoms. The van der Waals surface area contributed by atoms with Crippen LogP contribution in [0.4, 0.5) is 0 Å². The second-order valence-electron chi connectivity index (χ2n) is 6.70. The molecular weight excluding hydrogens is 212 g/mol. The first-order valence-corrected chi connectivity index (χ1v) is 7.21. The van der Waals surface area contributed by atoms with Crippen LogP contribution in [0.1, 0.15) is 26.7 Å². The lowest BCUT2D eigenvalue weighted by Gasteiger charge is -2.56. The minimum atomic E-state index is 0.691. The molecule has 0 unspecified atom stereocenters. The molecule has 3 nitrogen and oxygen atoms in total. The molecule has 0 saturated carbocycles. The summed E-state index contributed by atoms with van der Waals surface area (Å²) in [6, 6.07) is 0.741. The number of rotatable bonds is 3. The molecule has 3 aliphatic heterocycles. The molecule has 1 spiro atoms. The monoisotopic (exact) mass is 238 g/mol. The van der Waals surface area contributed by atoms with Crippen molar-refractivity contribution in [3.8, 4) is 0 Å². The first kappa shape index (κ1) is 11.9.